The Morgan fingerprint density at radius 1 is 1.47 bits per heavy atom. The van der Waals surface area contributed by atoms with Gasteiger partial charge in [-0.2, -0.15) is 5.26 Å². The lowest BCUT2D eigenvalue weighted by Crippen LogP contribution is -2.32. The second-order valence-electron chi connectivity index (χ2n) is 4.17. The van der Waals surface area contributed by atoms with Crippen molar-refractivity contribution in [2.45, 2.75) is 25.8 Å². The highest BCUT2D eigenvalue weighted by atomic mass is 16.4. The predicted molar refractivity (Wildman–Crippen MR) is 66.4 cm³/mol. The molecule has 2 rings (SSSR count). The fourth-order valence-electron chi connectivity index (χ4n) is 2.22. The van der Waals surface area contributed by atoms with Crippen LogP contribution in [0, 0.1) is 11.3 Å². The average Bonchev–Trinajstić information content (AvgIpc) is 2.57. The summed E-state index contributed by atoms with van der Waals surface area (Å²) in [7, 11) is 0. The van der Waals surface area contributed by atoms with Crippen molar-refractivity contribution in [3.05, 3.63) is 29.8 Å². The molecule has 0 saturated carbocycles. The zero-order chi connectivity index (χ0) is 12.3. The van der Waals surface area contributed by atoms with Gasteiger partial charge in [-0.1, -0.05) is 23.4 Å². The second-order valence-corrected chi connectivity index (χ2v) is 4.17. The van der Waals surface area contributed by atoms with Crippen LogP contribution in [-0.2, 0) is 0 Å². The molecule has 0 amide bonds. The summed E-state index contributed by atoms with van der Waals surface area (Å²) in [5, 5.41) is 21.5. The molecule has 0 aromatic heterocycles. The highest BCUT2D eigenvalue weighted by Crippen LogP contribution is 2.27. The van der Waals surface area contributed by atoms with Gasteiger partial charge in [0.05, 0.1) is 11.8 Å². The molecule has 1 aromatic rings. The number of hydrogen-bond acceptors (Lipinski definition) is 4. The number of hydrogen-bond donors (Lipinski definition) is 1. The summed E-state index contributed by atoms with van der Waals surface area (Å²) in [4.78, 5) is 2.06. The molecule has 0 spiro atoms. The molecule has 0 aliphatic carbocycles. The lowest BCUT2D eigenvalue weighted by Gasteiger charge is -2.26. The first-order valence-electron chi connectivity index (χ1n) is 5.74. The van der Waals surface area contributed by atoms with Crippen LogP contribution >= 0.6 is 0 Å². The van der Waals surface area contributed by atoms with Crippen molar-refractivity contribution in [3.63, 3.8) is 0 Å². The molecule has 4 nitrogen and oxygen atoms in total. The SMILES string of the molecule is CC(C#N)N1CCC/C(=N/O)c2ccccc21. The van der Waals surface area contributed by atoms with Crippen LogP contribution in [0.15, 0.2) is 29.4 Å². The van der Waals surface area contributed by atoms with Crippen molar-refractivity contribution in [3.8, 4) is 6.07 Å². The summed E-state index contributed by atoms with van der Waals surface area (Å²) in [6.07, 6.45) is 1.63. The van der Waals surface area contributed by atoms with E-state index in [0.717, 1.165) is 30.6 Å². The third-order valence-electron chi connectivity index (χ3n) is 3.11. The number of benzene rings is 1. The molecule has 1 atom stereocenters. The molecule has 1 heterocycles. The van der Waals surface area contributed by atoms with Crippen molar-refractivity contribution in [1.82, 2.24) is 0 Å². The van der Waals surface area contributed by atoms with E-state index in [1.54, 1.807) is 0 Å². The number of rotatable bonds is 1. The molecule has 0 saturated heterocycles. The van der Waals surface area contributed by atoms with E-state index >= 15 is 0 Å². The van der Waals surface area contributed by atoms with Gasteiger partial charge in [0, 0.05) is 17.8 Å². The monoisotopic (exact) mass is 229 g/mol. The van der Waals surface area contributed by atoms with Gasteiger partial charge in [0.15, 0.2) is 0 Å². The van der Waals surface area contributed by atoms with Crippen molar-refractivity contribution in [2.75, 3.05) is 11.4 Å². The first kappa shape index (κ1) is 11.5. The van der Waals surface area contributed by atoms with Gasteiger partial charge in [0.25, 0.3) is 0 Å². The molecule has 0 fully saturated rings. The van der Waals surface area contributed by atoms with E-state index in [1.165, 1.54) is 0 Å². The summed E-state index contributed by atoms with van der Waals surface area (Å²) in [5.41, 5.74) is 2.61. The Morgan fingerprint density at radius 2 is 2.24 bits per heavy atom. The molecule has 88 valence electrons. The minimum absolute atomic E-state index is 0.172. The lowest BCUT2D eigenvalue weighted by atomic mass is 10.1. The number of oxime groups is 1. The summed E-state index contributed by atoms with van der Waals surface area (Å²) in [5.74, 6) is 0. The number of nitriles is 1. The smallest absolute Gasteiger partial charge is 0.114 e. The van der Waals surface area contributed by atoms with Crippen molar-refractivity contribution in [1.29, 1.82) is 5.26 Å². The highest BCUT2D eigenvalue weighted by molar-refractivity contribution is 6.05. The Balaban J connectivity index is 2.51. The molecule has 17 heavy (non-hydrogen) atoms. The maximum atomic E-state index is 9.06. The van der Waals surface area contributed by atoms with E-state index < -0.39 is 0 Å². The van der Waals surface area contributed by atoms with Crippen LogP contribution in [-0.4, -0.2) is 23.5 Å². The third kappa shape index (κ3) is 2.09. The number of fused-ring (bicyclic) bond motifs is 1. The van der Waals surface area contributed by atoms with Crippen molar-refractivity contribution >= 4 is 11.4 Å². The van der Waals surface area contributed by atoms with Gasteiger partial charge in [-0.15, -0.1) is 0 Å². The Kier molecular flexibility index (Phi) is 3.29. The molecule has 0 bridgehead atoms. The molecular formula is C13H15N3O. The topological polar surface area (TPSA) is 59.6 Å². The van der Waals surface area contributed by atoms with Gasteiger partial charge >= 0.3 is 0 Å². The Labute approximate surface area is 101 Å². The largest absolute Gasteiger partial charge is 0.411 e. The summed E-state index contributed by atoms with van der Waals surface area (Å²) >= 11 is 0. The third-order valence-corrected chi connectivity index (χ3v) is 3.11. The lowest BCUT2D eigenvalue weighted by molar-refractivity contribution is 0.318. The normalized spacial score (nSPS) is 19.3. The van der Waals surface area contributed by atoms with Gasteiger partial charge in [0.1, 0.15) is 6.04 Å². The Hall–Kier alpha value is -2.02. The van der Waals surface area contributed by atoms with E-state index in [-0.39, 0.29) is 6.04 Å². The standard InChI is InChI=1S/C13H15N3O/c1-10(9-14)16-8-4-6-12(15-17)11-5-2-3-7-13(11)16/h2-3,5,7,10,17H,4,6,8H2,1H3/b15-12-. The van der Waals surface area contributed by atoms with Crippen LogP contribution in [0.4, 0.5) is 5.69 Å². The van der Waals surface area contributed by atoms with Crippen LogP contribution in [0.1, 0.15) is 25.3 Å². The zero-order valence-electron chi connectivity index (χ0n) is 9.80. The fourth-order valence-corrected chi connectivity index (χ4v) is 2.22. The molecule has 1 aliphatic rings. The molecule has 4 heteroatoms. The van der Waals surface area contributed by atoms with Gasteiger partial charge < -0.3 is 10.1 Å². The van der Waals surface area contributed by atoms with Crippen LogP contribution in [0.25, 0.3) is 0 Å². The maximum absolute atomic E-state index is 9.06. The van der Waals surface area contributed by atoms with Crippen LogP contribution in [0.2, 0.25) is 0 Å². The van der Waals surface area contributed by atoms with Crippen molar-refractivity contribution < 1.29 is 5.21 Å². The summed E-state index contributed by atoms with van der Waals surface area (Å²) < 4.78 is 0. The van der Waals surface area contributed by atoms with Crippen LogP contribution < -0.4 is 4.90 Å². The van der Waals surface area contributed by atoms with E-state index in [9.17, 15) is 0 Å². The Bertz CT molecular complexity index is 476. The van der Waals surface area contributed by atoms with Gasteiger partial charge in [-0.05, 0) is 25.8 Å². The molecule has 0 radical (unpaired) electrons. The van der Waals surface area contributed by atoms with Crippen molar-refractivity contribution in [2.24, 2.45) is 5.16 Å². The van der Waals surface area contributed by atoms with Gasteiger partial charge in [-0.25, -0.2) is 0 Å². The first-order valence-corrected chi connectivity index (χ1v) is 5.74. The fraction of sp³-hybridized carbons (Fsp3) is 0.385. The number of nitrogens with zero attached hydrogens (tertiary/aromatic N) is 3. The van der Waals surface area contributed by atoms with Gasteiger partial charge in [-0.3, -0.25) is 0 Å². The van der Waals surface area contributed by atoms with E-state index in [4.69, 9.17) is 10.5 Å². The highest BCUT2D eigenvalue weighted by Gasteiger charge is 2.22. The minimum atomic E-state index is -0.172. The molecule has 1 aliphatic heterocycles. The van der Waals surface area contributed by atoms with Crippen LogP contribution in [0.5, 0.6) is 0 Å². The second kappa shape index (κ2) is 4.88. The first-order chi connectivity index (χ1) is 8.27. The molecule has 1 unspecified atom stereocenters. The molecule has 1 N–H and O–H groups in total. The summed E-state index contributed by atoms with van der Waals surface area (Å²) in [6, 6.07) is 9.86. The maximum Gasteiger partial charge on any atom is 0.114 e. The van der Waals surface area contributed by atoms with E-state index in [0.29, 0.717) is 5.71 Å². The molecule has 1 aromatic carbocycles. The number of anilines is 1. The van der Waals surface area contributed by atoms with Crippen LogP contribution in [0.3, 0.4) is 0 Å². The average molecular weight is 229 g/mol. The number of para-hydroxylation sites is 1. The zero-order valence-corrected chi connectivity index (χ0v) is 9.80. The van der Waals surface area contributed by atoms with Gasteiger partial charge in [0.2, 0.25) is 0 Å². The minimum Gasteiger partial charge on any atom is -0.411 e. The molecular weight excluding hydrogens is 214 g/mol. The summed E-state index contributed by atoms with van der Waals surface area (Å²) in [6.45, 7) is 2.70. The van der Waals surface area contributed by atoms with E-state index in [2.05, 4.69) is 16.1 Å². The van der Waals surface area contributed by atoms with E-state index in [1.807, 2.05) is 31.2 Å². The predicted octanol–water partition coefficient (Wildman–Crippen LogP) is 2.38. The Morgan fingerprint density at radius 3 is 2.94 bits per heavy atom. The quantitative estimate of drug-likeness (QED) is 0.594.